The van der Waals surface area contributed by atoms with E-state index in [1.165, 1.54) is 18.2 Å². The van der Waals surface area contributed by atoms with Gasteiger partial charge in [-0.05, 0) is 79.2 Å². The first-order valence-corrected chi connectivity index (χ1v) is 14.0. The zero-order chi connectivity index (χ0) is 29.5. The SMILES string of the molecule is C=CCc1cc(/C=C2/SC(=O)N(CC(=O)Nc3cccc(F)c3)C2=O)cc(OCC)c1OCc1ccc(Cl)cc1Cl. The Balaban J connectivity index is 1.56. The highest BCUT2D eigenvalue weighted by Gasteiger charge is 2.36. The average Bonchev–Trinajstić information content (AvgIpc) is 3.16. The molecule has 1 fully saturated rings. The number of hydrogen-bond donors (Lipinski definition) is 1. The Hall–Kier alpha value is -3.79. The largest absolute Gasteiger partial charge is 0.490 e. The van der Waals surface area contributed by atoms with Crippen molar-refractivity contribution in [2.45, 2.75) is 20.0 Å². The van der Waals surface area contributed by atoms with Crippen LogP contribution < -0.4 is 14.8 Å². The van der Waals surface area contributed by atoms with Crippen molar-refractivity contribution < 1.29 is 28.2 Å². The van der Waals surface area contributed by atoms with Crippen molar-refractivity contribution in [2.24, 2.45) is 0 Å². The molecule has 1 aliphatic rings. The molecule has 0 spiro atoms. The van der Waals surface area contributed by atoms with Crippen molar-refractivity contribution >= 4 is 63.8 Å². The van der Waals surface area contributed by atoms with Gasteiger partial charge in [0, 0.05) is 26.9 Å². The van der Waals surface area contributed by atoms with E-state index in [1.807, 2.05) is 13.0 Å². The molecule has 0 aliphatic carbocycles. The van der Waals surface area contributed by atoms with Crippen LogP contribution in [-0.4, -0.2) is 35.1 Å². The lowest BCUT2D eigenvalue weighted by atomic mass is 10.0. The summed E-state index contributed by atoms with van der Waals surface area (Å²) in [5.74, 6) is -0.832. The van der Waals surface area contributed by atoms with Crippen molar-refractivity contribution in [3.8, 4) is 11.5 Å². The van der Waals surface area contributed by atoms with Crippen LogP contribution in [0, 0.1) is 5.82 Å². The van der Waals surface area contributed by atoms with Gasteiger partial charge in [-0.2, -0.15) is 0 Å². The fourth-order valence-corrected chi connectivity index (χ4v) is 5.29. The molecule has 7 nitrogen and oxygen atoms in total. The van der Waals surface area contributed by atoms with E-state index in [0.717, 1.165) is 33.9 Å². The molecule has 3 aromatic carbocycles. The first kappa shape index (κ1) is 30.2. The van der Waals surface area contributed by atoms with Crippen LogP contribution in [0.25, 0.3) is 6.08 Å². The average molecular weight is 616 g/mol. The number of imide groups is 1. The Kier molecular flexibility index (Phi) is 10.1. The van der Waals surface area contributed by atoms with Crippen LogP contribution in [-0.2, 0) is 22.6 Å². The van der Waals surface area contributed by atoms with Gasteiger partial charge < -0.3 is 14.8 Å². The summed E-state index contributed by atoms with van der Waals surface area (Å²) in [5.41, 5.74) is 2.30. The van der Waals surface area contributed by atoms with Gasteiger partial charge in [0.05, 0.1) is 11.5 Å². The van der Waals surface area contributed by atoms with E-state index < -0.39 is 29.4 Å². The Morgan fingerprint density at radius 1 is 1.10 bits per heavy atom. The van der Waals surface area contributed by atoms with Crippen LogP contribution in [0.1, 0.15) is 23.6 Å². The Bertz CT molecular complexity index is 1550. The van der Waals surface area contributed by atoms with Gasteiger partial charge in [-0.15, -0.1) is 6.58 Å². The lowest BCUT2D eigenvalue weighted by Gasteiger charge is -2.17. The minimum atomic E-state index is -0.631. The highest BCUT2D eigenvalue weighted by atomic mass is 35.5. The predicted octanol–water partition coefficient (Wildman–Crippen LogP) is 7.51. The highest BCUT2D eigenvalue weighted by Crippen LogP contribution is 2.38. The van der Waals surface area contributed by atoms with Crippen molar-refractivity contribution in [3.63, 3.8) is 0 Å². The van der Waals surface area contributed by atoms with Crippen LogP contribution in [0.3, 0.4) is 0 Å². The normalized spacial score (nSPS) is 14.0. The summed E-state index contributed by atoms with van der Waals surface area (Å²) < 4.78 is 25.4. The first-order valence-electron chi connectivity index (χ1n) is 12.5. The van der Waals surface area contributed by atoms with Crippen LogP contribution in [0.4, 0.5) is 14.9 Å². The van der Waals surface area contributed by atoms with E-state index in [1.54, 1.807) is 36.4 Å². The summed E-state index contributed by atoms with van der Waals surface area (Å²) in [6, 6.07) is 14.0. The summed E-state index contributed by atoms with van der Waals surface area (Å²) in [7, 11) is 0. The van der Waals surface area contributed by atoms with Gasteiger partial charge in [0.15, 0.2) is 11.5 Å². The monoisotopic (exact) mass is 614 g/mol. The van der Waals surface area contributed by atoms with E-state index >= 15 is 0 Å². The summed E-state index contributed by atoms with van der Waals surface area (Å²) in [6.45, 7) is 5.67. The number of allylic oxidation sites excluding steroid dienone is 1. The summed E-state index contributed by atoms with van der Waals surface area (Å²) >= 11 is 13.0. The molecule has 11 heteroatoms. The number of rotatable bonds is 11. The van der Waals surface area contributed by atoms with Gasteiger partial charge in [-0.1, -0.05) is 41.4 Å². The first-order chi connectivity index (χ1) is 19.7. The number of hydrogen-bond acceptors (Lipinski definition) is 6. The molecule has 0 radical (unpaired) electrons. The number of nitrogens with one attached hydrogen (secondary N) is 1. The molecule has 41 heavy (non-hydrogen) atoms. The lowest BCUT2D eigenvalue weighted by molar-refractivity contribution is -0.127. The molecule has 0 aromatic heterocycles. The number of anilines is 1. The molecule has 0 atom stereocenters. The van der Waals surface area contributed by atoms with Crippen molar-refractivity contribution in [1.29, 1.82) is 0 Å². The van der Waals surface area contributed by atoms with E-state index in [-0.39, 0.29) is 17.2 Å². The Labute approximate surface area is 250 Å². The van der Waals surface area contributed by atoms with Crippen molar-refractivity contribution in [3.05, 3.63) is 105 Å². The minimum absolute atomic E-state index is 0.141. The topological polar surface area (TPSA) is 84.9 Å². The zero-order valence-electron chi connectivity index (χ0n) is 21.9. The second kappa shape index (κ2) is 13.7. The standard InChI is InChI=1S/C30H25Cl2FN2O5S/c1-3-6-19-11-18(12-25(39-4-2)28(19)40-17-20-9-10-21(31)14-24(20)32)13-26-29(37)35(30(38)41-26)16-27(36)34-23-8-5-7-22(33)15-23/h3,5,7-15H,1,4,6,16-17H2,2H3,(H,34,36)/b26-13+. The smallest absolute Gasteiger partial charge is 0.294 e. The molecular weight excluding hydrogens is 590 g/mol. The Morgan fingerprint density at radius 3 is 2.61 bits per heavy atom. The number of carbonyl (C=O) groups is 3. The van der Waals surface area contributed by atoms with Crippen molar-refractivity contribution in [1.82, 2.24) is 4.90 Å². The summed E-state index contributed by atoms with van der Waals surface area (Å²) in [6.07, 6.45) is 3.71. The van der Waals surface area contributed by atoms with Crippen LogP contribution in [0.15, 0.2) is 72.2 Å². The third-order valence-corrected chi connectivity index (χ3v) is 7.28. The van der Waals surface area contributed by atoms with Crippen LogP contribution in [0.5, 0.6) is 11.5 Å². The second-order valence-electron chi connectivity index (χ2n) is 8.78. The maximum Gasteiger partial charge on any atom is 0.294 e. The zero-order valence-corrected chi connectivity index (χ0v) is 24.2. The number of amides is 3. The van der Waals surface area contributed by atoms with Gasteiger partial charge in [-0.25, -0.2) is 4.39 Å². The number of carbonyl (C=O) groups excluding carboxylic acids is 3. The maximum absolute atomic E-state index is 13.4. The summed E-state index contributed by atoms with van der Waals surface area (Å²) in [5, 5.41) is 2.88. The number of ether oxygens (including phenoxy) is 2. The maximum atomic E-state index is 13.4. The number of benzene rings is 3. The summed E-state index contributed by atoms with van der Waals surface area (Å²) in [4.78, 5) is 39.1. The highest BCUT2D eigenvalue weighted by molar-refractivity contribution is 8.18. The van der Waals surface area contributed by atoms with Gasteiger partial charge >= 0.3 is 0 Å². The third-order valence-electron chi connectivity index (χ3n) is 5.79. The molecule has 0 bridgehead atoms. The van der Waals surface area contributed by atoms with E-state index in [4.69, 9.17) is 32.7 Å². The predicted molar refractivity (Wildman–Crippen MR) is 160 cm³/mol. The van der Waals surface area contributed by atoms with Gasteiger partial charge in [0.2, 0.25) is 5.91 Å². The molecular formula is C30H25Cl2FN2O5S. The fourth-order valence-electron chi connectivity index (χ4n) is 3.99. The molecule has 1 saturated heterocycles. The molecule has 1 N–H and O–H groups in total. The molecule has 0 saturated carbocycles. The third kappa shape index (κ3) is 7.70. The van der Waals surface area contributed by atoms with E-state index in [9.17, 15) is 18.8 Å². The van der Waals surface area contributed by atoms with Gasteiger partial charge in [0.25, 0.3) is 11.1 Å². The molecule has 212 valence electrons. The molecule has 1 aliphatic heterocycles. The lowest BCUT2D eigenvalue weighted by Crippen LogP contribution is -2.36. The van der Waals surface area contributed by atoms with Crippen LogP contribution >= 0.6 is 35.0 Å². The van der Waals surface area contributed by atoms with Crippen LogP contribution in [0.2, 0.25) is 10.0 Å². The molecule has 0 unspecified atom stereocenters. The minimum Gasteiger partial charge on any atom is -0.490 e. The number of nitrogens with zero attached hydrogens (tertiary/aromatic N) is 1. The molecule has 3 amide bonds. The van der Waals surface area contributed by atoms with E-state index in [2.05, 4.69) is 11.9 Å². The molecule has 4 rings (SSSR count). The van der Waals surface area contributed by atoms with Crippen molar-refractivity contribution in [2.75, 3.05) is 18.5 Å². The second-order valence-corrected chi connectivity index (χ2v) is 10.6. The Morgan fingerprint density at radius 2 is 1.90 bits per heavy atom. The quantitative estimate of drug-likeness (QED) is 0.178. The fraction of sp³-hybridized carbons (Fsp3) is 0.167. The number of halogens is 3. The number of thioether (sulfide) groups is 1. The van der Waals surface area contributed by atoms with Gasteiger partial charge in [0.1, 0.15) is 19.0 Å². The molecule has 1 heterocycles. The van der Waals surface area contributed by atoms with Gasteiger partial charge in [-0.3, -0.25) is 19.3 Å². The van der Waals surface area contributed by atoms with E-state index in [0.29, 0.717) is 40.1 Å². The molecule has 3 aromatic rings.